The molecule has 2 aromatic heterocycles. The molecule has 0 saturated heterocycles. The SMILES string of the molecule is COc1ccc(C(=O)Cn2cnc3scc(-c4ccc(C)c(C)c4)c3c2=O)c(OC)c1. The summed E-state index contributed by atoms with van der Waals surface area (Å²) >= 11 is 1.42. The first kappa shape index (κ1) is 20.8. The van der Waals surface area contributed by atoms with E-state index in [0.717, 1.165) is 16.7 Å². The Bertz CT molecular complexity index is 1350. The number of nitrogens with zero attached hydrogens (tertiary/aromatic N) is 2. The lowest BCUT2D eigenvalue weighted by atomic mass is 10.0. The largest absolute Gasteiger partial charge is 0.497 e. The molecule has 0 aliphatic rings. The number of benzene rings is 2. The van der Waals surface area contributed by atoms with Crippen LogP contribution in [0.1, 0.15) is 21.5 Å². The standard InChI is InChI=1S/C24H22N2O4S/c1-14-5-6-16(9-15(14)2)19-12-31-23-22(19)24(28)26(13-25-23)11-20(27)18-8-7-17(29-3)10-21(18)30-4/h5-10,12-13H,11H2,1-4H3. The Morgan fingerprint density at radius 3 is 2.58 bits per heavy atom. The maximum atomic E-state index is 13.3. The van der Waals surface area contributed by atoms with Gasteiger partial charge in [0.05, 0.1) is 38.0 Å². The fourth-order valence-corrected chi connectivity index (χ4v) is 4.38. The van der Waals surface area contributed by atoms with E-state index in [0.29, 0.717) is 27.3 Å². The second-order valence-electron chi connectivity index (χ2n) is 7.30. The zero-order valence-electron chi connectivity index (χ0n) is 17.8. The number of rotatable bonds is 6. The summed E-state index contributed by atoms with van der Waals surface area (Å²) in [6.07, 6.45) is 1.43. The highest BCUT2D eigenvalue weighted by Crippen LogP contribution is 2.32. The molecule has 0 saturated carbocycles. The molecule has 4 rings (SSSR count). The van der Waals surface area contributed by atoms with Crippen LogP contribution in [-0.2, 0) is 6.54 Å². The van der Waals surface area contributed by atoms with Crippen LogP contribution in [0.4, 0.5) is 0 Å². The number of fused-ring (bicyclic) bond motifs is 1. The van der Waals surface area contributed by atoms with Gasteiger partial charge in [0.2, 0.25) is 0 Å². The third-order valence-corrected chi connectivity index (χ3v) is 6.29. The van der Waals surface area contributed by atoms with Gasteiger partial charge in [0.15, 0.2) is 5.78 Å². The van der Waals surface area contributed by atoms with E-state index < -0.39 is 0 Å². The molecule has 0 fully saturated rings. The van der Waals surface area contributed by atoms with E-state index >= 15 is 0 Å². The molecular formula is C24H22N2O4S. The van der Waals surface area contributed by atoms with Crippen molar-refractivity contribution in [3.05, 3.63) is 75.1 Å². The summed E-state index contributed by atoms with van der Waals surface area (Å²) in [5, 5.41) is 2.48. The summed E-state index contributed by atoms with van der Waals surface area (Å²) in [5.74, 6) is 0.744. The summed E-state index contributed by atoms with van der Waals surface area (Å²) in [4.78, 5) is 31.3. The minimum atomic E-state index is -0.245. The van der Waals surface area contributed by atoms with Gasteiger partial charge >= 0.3 is 0 Å². The molecule has 0 aliphatic heterocycles. The topological polar surface area (TPSA) is 70.4 Å². The normalized spacial score (nSPS) is 11.0. The lowest BCUT2D eigenvalue weighted by molar-refractivity contribution is 0.0967. The Kier molecular flexibility index (Phi) is 5.61. The summed E-state index contributed by atoms with van der Waals surface area (Å²) in [5.41, 5.74) is 4.30. The van der Waals surface area contributed by atoms with Gasteiger partial charge in [-0.05, 0) is 42.7 Å². The molecular weight excluding hydrogens is 412 g/mol. The zero-order chi connectivity index (χ0) is 22.1. The predicted octanol–water partition coefficient (Wildman–Crippen LogP) is 4.64. The minimum Gasteiger partial charge on any atom is -0.497 e. The third kappa shape index (κ3) is 3.84. The van der Waals surface area contributed by atoms with E-state index in [1.807, 2.05) is 24.4 Å². The summed E-state index contributed by atoms with van der Waals surface area (Å²) < 4.78 is 11.9. The van der Waals surface area contributed by atoms with Crippen LogP contribution < -0.4 is 15.0 Å². The second-order valence-corrected chi connectivity index (χ2v) is 8.15. The van der Waals surface area contributed by atoms with Crippen LogP contribution in [0.2, 0.25) is 0 Å². The highest BCUT2D eigenvalue weighted by molar-refractivity contribution is 7.17. The van der Waals surface area contributed by atoms with E-state index in [2.05, 4.69) is 18.0 Å². The van der Waals surface area contributed by atoms with Crippen LogP contribution in [0.25, 0.3) is 21.3 Å². The molecule has 0 amide bonds. The number of aryl methyl sites for hydroxylation is 2. The number of aromatic nitrogens is 2. The number of thiophene rings is 1. The van der Waals surface area contributed by atoms with E-state index in [1.54, 1.807) is 25.3 Å². The Labute approximate surface area is 183 Å². The molecule has 0 N–H and O–H groups in total. The first-order chi connectivity index (χ1) is 14.9. The van der Waals surface area contributed by atoms with Crippen molar-refractivity contribution >= 4 is 27.3 Å². The van der Waals surface area contributed by atoms with Gasteiger partial charge in [0.25, 0.3) is 5.56 Å². The average Bonchev–Trinajstić information content (AvgIpc) is 3.22. The van der Waals surface area contributed by atoms with E-state index in [9.17, 15) is 9.59 Å². The maximum absolute atomic E-state index is 13.3. The molecule has 2 heterocycles. The van der Waals surface area contributed by atoms with Gasteiger partial charge < -0.3 is 9.47 Å². The highest BCUT2D eigenvalue weighted by Gasteiger charge is 2.18. The van der Waals surface area contributed by atoms with Crippen molar-refractivity contribution in [1.82, 2.24) is 9.55 Å². The number of hydrogen-bond donors (Lipinski definition) is 0. The fourth-order valence-electron chi connectivity index (χ4n) is 3.47. The van der Waals surface area contributed by atoms with Crippen molar-refractivity contribution in [3.8, 4) is 22.6 Å². The van der Waals surface area contributed by atoms with Crippen molar-refractivity contribution < 1.29 is 14.3 Å². The average molecular weight is 435 g/mol. The molecule has 0 unspecified atom stereocenters. The van der Waals surface area contributed by atoms with Crippen molar-refractivity contribution in [1.29, 1.82) is 0 Å². The molecule has 31 heavy (non-hydrogen) atoms. The van der Waals surface area contributed by atoms with Crippen molar-refractivity contribution in [2.24, 2.45) is 0 Å². The minimum absolute atomic E-state index is 0.132. The van der Waals surface area contributed by atoms with Crippen LogP contribution in [0.5, 0.6) is 11.5 Å². The summed E-state index contributed by atoms with van der Waals surface area (Å²) in [7, 11) is 3.04. The van der Waals surface area contributed by atoms with Crippen LogP contribution in [-0.4, -0.2) is 29.6 Å². The molecule has 7 heteroatoms. The Balaban J connectivity index is 1.74. The fraction of sp³-hybridized carbons (Fsp3) is 0.208. The molecule has 0 spiro atoms. The molecule has 2 aromatic carbocycles. The molecule has 6 nitrogen and oxygen atoms in total. The number of methoxy groups -OCH3 is 2. The van der Waals surface area contributed by atoms with E-state index in [-0.39, 0.29) is 17.9 Å². The molecule has 0 aliphatic carbocycles. The molecule has 0 radical (unpaired) electrons. The monoisotopic (exact) mass is 434 g/mol. The molecule has 0 bridgehead atoms. The van der Waals surface area contributed by atoms with E-state index in [1.165, 1.54) is 34.9 Å². The number of Topliss-reactive ketones (excluding diaryl/α,β-unsaturated/α-hetero) is 1. The number of ether oxygens (including phenoxy) is 2. The van der Waals surface area contributed by atoms with Crippen molar-refractivity contribution in [2.75, 3.05) is 14.2 Å². The van der Waals surface area contributed by atoms with Gasteiger partial charge in [0, 0.05) is 17.0 Å². The van der Waals surface area contributed by atoms with Crippen LogP contribution in [0, 0.1) is 13.8 Å². The van der Waals surface area contributed by atoms with Gasteiger partial charge in [0.1, 0.15) is 16.3 Å². The highest BCUT2D eigenvalue weighted by atomic mass is 32.1. The molecule has 158 valence electrons. The summed E-state index contributed by atoms with van der Waals surface area (Å²) in [6, 6.07) is 11.1. The predicted molar refractivity (Wildman–Crippen MR) is 123 cm³/mol. The molecule has 0 atom stereocenters. The quantitative estimate of drug-likeness (QED) is 0.414. The lowest BCUT2D eigenvalue weighted by Gasteiger charge is -2.11. The first-order valence-electron chi connectivity index (χ1n) is 9.72. The van der Waals surface area contributed by atoms with Gasteiger partial charge in [-0.1, -0.05) is 18.2 Å². The Morgan fingerprint density at radius 2 is 1.87 bits per heavy atom. The van der Waals surface area contributed by atoms with Gasteiger partial charge in [-0.3, -0.25) is 14.2 Å². The van der Waals surface area contributed by atoms with Gasteiger partial charge in [-0.25, -0.2) is 4.98 Å². The lowest BCUT2D eigenvalue weighted by Crippen LogP contribution is -2.24. The smallest absolute Gasteiger partial charge is 0.263 e. The Morgan fingerprint density at radius 1 is 1.06 bits per heavy atom. The number of carbonyl (C=O) groups excluding carboxylic acids is 1. The van der Waals surface area contributed by atoms with Crippen LogP contribution >= 0.6 is 11.3 Å². The zero-order valence-corrected chi connectivity index (χ0v) is 18.6. The van der Waals surface area contributed by atoms with E-state index in [4.69, 9.17) is 9.47 Å². The second kappa shape index (κ2) is 8.35. The number of hydrogen-bond acceptors (Lipinski definition) is 6. The van der Waals surface area contributed by atoms with Crippen LogP contribution in [0.3, 0.4) is 0 Å². The van der Waals surface area contributed by atoms with Gasteiger partial charge in [-0.15, -0.1) is 11.3 Å². The maximum Gasteiger partial charge on any atom is 0.263 e. The Hall–Kier alpha value is -3.45. The molecule has 4 aromatic rings. The van der Waals surface area contributed by atoms with Crippen molar-refractivity contribution in [2.45, 2.75) is 20.4 Å². The first-order valence-corrected chi connectivity index (χ1v) is 10.6. The number of carbonyl (C=O) groups is 1. The summed E-state index contributed by atoms with van der Waals surface area (Å²) in [6.45, 7) is 3.97. The third-order valence-electron chi connectivity index (χ3n) is 5.40. The van der Waals surface area contributed by atoms with Crippen molar-refractivity contribution in [3.63, 3.8) is 0 Å². The van der Waals surface area contributed by atoms with Crippen LogP contribution in [0.15, 0.2) is 52.9 Å². The number of ketones is 1. The van der Waals surface area contributed by atoms with Gasteiger partial charge in [-0.2, -0.15) is 0 Å².